The van der Waals surface area contributed by atoms with Gasteiger partial charge in [0.1, 0.15) is 5.82 Å². The van der Waals surface area contributed by atoms with Gasteiger partial charge in [0.05, 0.1) is 0 Å². The van der Waals surface area contributed by atoms with Gasteiger partial charge in [0, 0.05) is 37.5 Å². The summed E-state index contributed by atoms with van der Waals surface area (Å²) in [6, 6.07) is 7.45. The lowest BCUT2D eigenvalue weighted by atomic mass is 10.0. The maximum absolute atomic E-state index is 13.3. The average molecular weight is 252 g/mol. The zero-order chi connectivity index (χ0) is 13.1. The second-order valence-corrected chi connectivity index (χ2v) is 5.07. The molecule has 3 nitrogen and oxygen atoms in total. The summed E-state index contributed by atoms with van der Waals surface area (Å²) in [5, 5.41) is 9.12. The predicted octanol–water partition coefficient (Wildman–Crippen LogP) is 1.72. The summed E-state index contributed by atoms with van der Waals surface area (Å²) < 4.78 is 13.3. The standard InChI is InChI=1S/C14H21FN2O/c1-11-9-17(10-14(6-7-18)16(11)2)13-5-3-4-12(15)8-13/h3-5,8,11,14,18H,6-7,9-10H2,1-2H3. The van der Waals surface area contributed by atoms with Crippen molar-refractivity contribution in [3.8, 4) is 0 Å². The van der Waals surface area contributed by atoms with Gasteiger partial charge in [0.2, 0.25) is 0 Å². The number of benzene rings is 1. The zero-order valence-electron chi connectivity index (χ0n) is 11.0. The van der Waals surface area contributed by atoms with Gasteiger partial charge in [-0.25, -0.2) is 4.39 Å². The van der Waals surface area contributed by atoms with Crippen LogP contribution in [0.4, 0.5) is 10.1 Å². The largest absolute Gasteiger partial charge is 0.396 e. The number of hydrogen-bond acceptors (Lipinski definition) is 3. The molecule has 0 aliphatic carbocycles. The van der Waals surface area contributed by atoms with Crippen molar-refractivity contribution < 1.29 is 9.50 Å². The van der Waals surface area contributed by atoms with Crippen molar-refractivity contribution in [2.45, 2.75) is 25.4 Å². The van der Waals surface area contributed by atoms with Crippen molar-refractivity contribution in [2.75, 3.05) is 31.6 Å². The van der Waals surface area contributed by atoms with Crippen LogP contribution in [-0.4, -0.2) is 48.8 Å². The Balaban J connectivity index is 2.14. The molecule has 0 spiro atoms. The van der Waals surface area contributed by atoms with Crippen molar-refractivity contribution in [3.05, 3.63) is 30.1 Å². The van der Waals surface area contributed by atoms with Gasteiger partial charge in [-0.2, -0.15) is 0 Å². The van der Waals surface area contributed by atoms with Crippen LogP contribution in [0.15, 0.2) is 24.3 Å². The van der Waals surface area contributed by atoms with Crippen molar-refractivity contribution in [1.82, 2.24) is 4.90 Å². The number of hydrogen-bond donors (Lipinski definition) is 1. The Morgan fingerprint density at radius 1 is 1.39 bits per heavy atom. The molecule has 1 N–H and O–H groups in total. The predicted molar refractivity (Wildman–Crippen MR) is 71.3 cm³/mol. The van der Waals surface area contributed by atoms with Crippen molar-refractivity contribution in [2.24, 2.45) is 0 Å². The van der Waals surface area contributed by atoms with Crippen LogP contribution >= 0.6 is 0 Å². The molecule has 1 fully saturated rings. The Kier molecular flexibility index (Phi) is 4.19. The van der Waals surface area contributed by atoms with E-state index in [9.17, 15) is 4.39 Å². The van der Waals surface area contributed by atoms with E-state index in [1.165, 1.54) is 6.07 Å². The SMILES string of the molecule is CC1CN(c2cccc(F)c2)CC(CCO)N1C. The third-order valence-corrected chi connectivity index (χ3v) is 3.82. The molecule has 18 heavy (non-hydrogen) atoms. The smallest absolute Gasteiger partial charge is 0.125 e. The fourth-order valence-electron chi connectivity index (χ4n) is 2.59. The molecule has 1 heterocycles. The van der Waals surface area contributed by atoms with Crippen LogP contribution in [0.1, 0.15) is 13.3 Å². The number of likely N-dealkylation sites (N-methyl/N-ethyl adjacent to an activating group) is 1. The molecule has 2 atom stereocenters. The van der Waals surface area contributed by atoms with Gasteiger partial charge < -0.3 is 10.0 Å². The number of aliphatic hydroxyl groups excluding tert-OH is 1. The molecule has 100 valence electrons. The van der Waals surface area contributed by atoms with Crippen LogP contribution < -0.4 is 4.90 Å². The van der Waals surface area contributed by atoms with E-state index in [0.29, 0.717) is 12.1 Å². The normalized spacial score (nSPS) is 25.4. The highest BCUT2D eigenvalue weighted by molar-refractivity contribution is 5.47. The van der Waals surface area contributed by atoms with Crippen LogP contribution in [0.5, 0.6) is 0 Å². The van der Waals surface area contributed by atoms with Gasteiger partial charge in [-0.3, -0.25) is 4.90 Å². The molecular formula is C14H21FN2O. The van der Waals surface area contributed by atoms with Crippen LogP contribution in [0.3, 0.4) is 0 Å². The minimum Gasteiger partial charge on any atom is -0.396 e. The summed E-state index contributed by atoms with van der Waals surface area (Å²) in [6.45, 7) is 4.08. The number of halogens is 1. The Bertz CT molecular complexity index is 399. The molecule has 1 aromatic carbocycles. The second kappa shape index (κ2) is 5.67. The topological polar surface area (TPSA) is 26.7 Å². The molecule has 0 radical (unpaired) electrons. The lowest BCUT2D eigenvalue weighted by Gasteiger charge is -2.44. The van der Waals surface area contributed by atoms with Gasteiger partial charge in [-0.15, -0.1) is 0 Å². The maximum atomic E-state index is 13.3. The maximum Gasteiger partial charge on any atom is 0.125 e. The minimum atomic E-state index is -0.196. The first-order valence-electron chi connectivity index (χ1n) is 6.45. The Labute approximate surface area is 108 Å². The Hall–Kier alpha value is -1.13. The van der Waals surface area contributed by atoms with E-state index in [2.05, 4.69) is 23.8 Å². The lowest BCUT2D eigenvalue weighted by Crippen LogP contribution is -2.56. The highest BCUT2D eigenvalue weighted by atomic mass is 19.1. The van der Waals surface area contributed by atoms with E-state index in [-0.39, 0.29) is 12.4 Å². The zero-order valence-corrected chi connectivity index (χ0v) is 11.0. The third-order valence-electron chi connectivity index (χ3n) is 3.82. The Morgan fingerprint density at radius 2 is 2.17 bits per heavy atom. The first-order valence-corrected chi connectivity index (χ1v) is 6.45. The number of aliphatic hydroxyl groups is 1. The third kappa shape index (κ3) is 2.82. The van der Waals surface area contributed by atoms with E-state index in [1.807, 2.05) is 6.07 Å². The van der Waals surface area contributed by atoms with E-state index in [1.54, 1.807) is 12.1 Å². The minimum absolute atomic E-state index is 0.193. The molecule has 4 heteroatoms. The fourth-order valence-corrected chi connectivity index (χ4v) is 2.59. The molecule has 1 saturated heterocycles. The van der Waals surface area contributed by atoms with Crippen LogP contribution in [0, 0.1) is 5.82 Å². The molecule has 0 amide bonds. The molecule has 1 aliphatic heterocycles. The van der Waals surface area contributed by atoms with Crippen molar-refractivity contribution in [1.29, 1.82) is 0 Å². The summed E-state index contributed by atoms with van der Waals surface area (Å²) >= 11 is 0. The first kappa shape index (κ1) is 13.3. The quantitative estimate of drug-likeness (QED) is 0.887. The van der Waals surface area contributed by atoms with Gasteiger partial charge >= 0.3 is 0 Å². The molecule has 0 bridgehead atoms. The highest BCUT2D eigenvalue weighted by Crippen LogP contribution is 2.23. The Morgan fingerprint density at radius 3 is 2.83 bits per heavy atom. The molecule has 1 aliphatic rings. The lowest BCUT2D eigenvalue weighted by molar-refractivity contribution is 0.128. The highest BCUT2D eigenvalue weighted by Gasteiger charge is 2.29. The monoisotopic (exact) mass is 252 g/mol. The first-order chi connectivity index (χ1) is 8.61. The van der Waals surface area contributed by atoms with Crippen LogP contribution in [0.2, 0.25) is 0 Å². The van der Waals surface area contributed by atoms with Crippen LogP contribution in [-0.2, 0) is 0 Å². The average Bonchev–Trinajstić information content (AvgIpc) is 2.35. The van der Waals surface area contributed by atoms with Crippen molar-refractivity contribution in [3.63, 3.8) is 0 Å². The summed E-state index contributed by atoms with van der Waals surface area (Å²) in [5.41, 5.74) is 0.929. The van der Waals surface area contributed by atoms with E-state index in [0.717, 1.165) is 25.2 Å². The van der Waals surface area contributed by atoms with Gasteiger partial charge in [0.25, 0.3) is 0 Å². The second-order valence-electron chi connectivity index (χ2n) is 5.07. The van der Waals surface area contributed by atoms with Gasteiger partial charge in [-0.1, -0.05) is 6.07 Å². The summed E-state index contributed by atoms with van der Waals surface area (Å²) in [6.07, 6.45) is 0.757. The molecule has 2 unspecified atom stereocenters. The van der Waals surface area contributed by atoms with Gasteiger partial charge in [-0.05, 0) is 38.6 Å². The van der Waals surface area contributed by atoms with E-state index in [4.69, 9.17) is 5.11 Å². The number of nitrogens with zero attached hydrogens (tertiary/aromatic N) is 2. The summed E-state index contributed by atoms with van der Waals surface area (Å²) in [7, 11) is 2.09. The molecule has 0 aromatic heterocycles. The van der Waals surface area contributed by atoms with E-state index < -0.39 is 0 Å². The summed E-state index contributed by atoms with van der Waals surface area (Å²) in [4.78, 5) is 4.50. The number of rotatable bonds is 3. The fraction of sp³-hybridized carbons (Fsp3) is 0.571. The number of piperazine rings is 1. The molecule has 1 aromatic rings. The van der Waals surface area contributed by atoms with E-state index >= 15 is 0 Å². The number of anilines is 1. The van der Waals surface area contributed by atoms with Crippen molar-refractivity contribution >= 4 is 5.69 Å². The van der Waals surface area contributed by atoms with Gasteiger partial charge in [0.15, 0.2) is 0 Å². The molecule has 2 rings (SSSR count). The molecule has 0 saturated carbocycles. The molecular weight excluding hydrogens is 231 g/mol. The van der Waals surface area contributed by atoms with Crippen LogP contribution in [0.25, 0.3) is 0 Å². The summed E-state index contributed by atoms with van der Waals surface area (Å²) in [5.74, 6) is -0.196.